The van der Waals surface area contributed by atoms with Crippen LogP contribution in [-0.4, -0.2) is 6.54 Å². The second kappa shape index (κ2) is 6.88. The van der Waals surface area contributed by atoms with Crippen molar-refractivity contribution in [3.63, 3.8) is 0 Å². The van der Waals surface area contributed by atoms with E-state index in [1.807, 2.05) is 11.3 Å². The molecule has 0 bridgehead atoms. The number of rotatable bonds is 6. The molecular formula is C17H23NS. The Morgan fingerprint density at radius 1 is 1.21 bits per heavy atom. The molecule has 19 heavy (non-hydrogen) atoms. The van der Waals surface area contributed by atoms with Gasteiger partial charge in [0.05, 0.1) is 0 Å². The Bertz CT molecular complexity index is 515. The van der Waals surface area contributed by atoms with E-state index in [1.54, 1.807) is 0 Å². The fraction of sp³-hybridized carbons (Fsp3) is 0.412. The quantitative estimate of drug-likeness (QED) is 0.765. The third-order valence-corrected chi connectivity index (χ3v) is 4.35. The normalized spacial score (nSPS) is 12.6. The molecule has 0 saturated carbocycles. The topological polar surface area (TPSA) is 12.0 Å². The molecule has 0 aliphatic rings. The summed E-state index contributed by atoms with van der Waals surface area (Å²) in [7, 11) is 0. The van der Waals surface area contributed by atoms with Crippen molar-refractivity contribution in [3.8, 4) is 11.1 Å². The fourth-order valence-electron chi connectivity index (χ4n) is 2.42. The zero-order chi connectivity index (χ0) is 13.7. The number of benzene rings is 1. The van der Waals surface area contributed by atoms with Crippen molar-refractivity contribution in [2.75, 3.05) is 6.54 Å². The van der Waals surface area contributed by atoms with Gasteiger partial charge in [0.2, 0.25) is 0 Å². The SMILES string of the molecule is CCCNC(CC)c1cccc(-c2ccsc2C)c1. The first kappa shape index (κ1) is 14.3. The van der Waals surface area contributed by atoms with Gasteiger partial charge in [-0.2, -0.15) is 0 Å². The summed E-state index contributed by atoms with van der Waals surface area (Å²) < 4.78 is 0. The number of nitrogens with one attached hydrogen (secondary N) is 1. The summed E-state index contributed by atoms with van der Waals surface area (Å²) >= 11 is 1.82. The van der Waals surface area contributed by atoms with Crippen LogP contribution in [0.3, 0.4) is 0 Å². The Morgan fingerprint density at radius 2 is 2.05 bits per heavy atom. The lowest BCUT2D eigenvalue weighted by atomic mass is 9.98. The molecule has 2 heteroatoms. The first-order valence-electron chi connectivity index (χ1n) is 7.14. The average molecular weight is 273 g/mol. The highest BCUT2D eigenvalue weighted by Crippen LogP contribution is 2.29. The van der Waals surface area contributed by atoms with Crippen molar-refractivity contribution < 1.29 is 0 Å². The highest BCUT2D eigenvalue weighted by molar-refractivity contribution is 7.10. The number of thiophene rings is 1. The van der Waals surface area contributed by atoms with E-state index in [0.717, 1.165) is 13.0 Å². The monoisotopic (exact) mass is 273 g/mol. The van der Waals surface area contributed by atoms with Crippen molar-refractivity contribution in [3.05, 3.63) is 46.2 Å². The maximum absolute atomic E-state index is 3.63. The van der Waals surface area contributed by atoms with Gasteiger partial charge in [-0.1, -0.05) is 32.0 Å². The molecule has 1 heterocycles. The first-order chi connectivity index (χ1) is 9.26. The molecule has 0 fully saturated rings. The fourth-order valence-corrected chi connectivity index (χ4v) is 3.14. The van der Waals surface area contributed by atoms with Gasteiger partial charge < -0.3 is 5.32 Å². The molecule has 1 unspecified atom stereocenters. The Hall–Kier alpha value is -1.12. The van der Waals surface area contributed by atoms with Gasteiger partial charge in [0, 0.05) is 10.9 Å². The minimum atomic E-state index is 0.471. The minimum absolute atomic E-state index is 0.471. The Labute approximate surface area is 120 Å². The van der Waals surface area contributed by atoms with Crippen molar-refractivity contribution in [2.24, 2.45) is 0 Å². The molecule has 1 N–H and O–H groups in total. The average Bonchev–Trinajstić information content (AvgIpc) is 2.86. The van der Waals surface area contributed by atoms with Gasteiger partial charge in [0.25, 0.3) is 0 Å². The summed E-state index contributed by atoms with van der Waals surface area (Å²) in [4.78, 5) is 1.40. The molecule has 1 aromatic carbocycles. The molecule has 2 rings (SSSR count). The molecule has 0 saturated heterocycles. The zero-order valence-corrected chi connectivity index (χ0v) is 12.9. The summed E-state index contributed by atoms with van der Waals surface area (Å²) in [5, 5.41) is 5.80. The van der Waals surface area contributed by atoms with Crippen LogP contribution in [0, 0.1) is 6.92 Å². The summed E-state index contributed by atoms with van der Waals surface area (Å²) in [5.74, 6) is 0. The molecular weight excluding hydrogens is 250 g/mol. The molecule has 1 aromatic heterocycles. The van der Waals surface area contributed by atoms with Crippen LogP contribution in [0.5, 0.6) is 0 Å². The molecule has 0 aliphatic heterocycles. The molecule has 1 atom stereocenters. The maximum atomic E-state index is 3.63. The second-order valence-electron chi connectivity index (χ2n) is 4.93. The van der Waals surface area contributed by atoms with Gasteiger partial charge >= 0.3 is 0 Å². The van der Waals surface area contributed by atoms with E-state index in [0.29, 0.717) is 6.04 Å². The van der Waals surface area contributed by atoms with E-state index in [1.165, 1.54) is 28.0 Å². The van der Waals surface area contributed by atoms with Gasteiger partial charge in [0.15, 0.2) is 0 Å². The molecule has 102 valence electrons. The maximum Gasteiger partial charge on any atom is 0.0317 e. The highest BCUT2D eigenvalue weighted by atomic mass is 32.1. The van der Waals surface area contributed by atoms with E-state index < -0.39 is 0 Å². The van der Waals surface area contributed by atoms with Crippen LogP contribution < -0.4 is 5.32 Å². The molecule has 2 aromatic rings. The van der Waals surface area contributed by atoms with Crippen LogP contribution in [0.15, 0.2) is 35.7 Å². The zero-order valence-electron chi connectivity index (χ0n) is 12.1. The minimum Gasteiger partial charge on any atom is -0.310 e. The summed E-state index contributed by atoms with van der Waals surface area (Å²) in [6, 6.07) is 11.7. The Morgan fingerprint density at radius 3 is 2.68 bits per heavy atom. The molecule has 0 spiro atoms. The largest absolute Gasteiger partial charge is 0.310 e. The van der Waals surface area contributed by atoms with Gasteiger partial charge in [-0.05, 0) is 60.5 Å². The van der Waals surface area contributed by atoms with Crippen LogP contribution in [0.4, 0.5) is 0 Å². The van der Waals surface area contributed by atoms with Crippen molar-refractivity contribution in [1.82, 2.24) is 5.32 Å². The van der Waals surface area contributed by atoms with Crippen molar-refractivity contribution in [1.29, 1.82) is 0 Å². The van der Waals surface area contributed by atoms with Crippen molar-refractivity contribution in [2.45, 2.75) is 39.7 Å². The number of hydrogen-bond donors (Lipinski definition) is 1. The third-order valence-electron chi connectivity index (χ3n) is 3.51. The smallest absolute Gasteiger partial charge is 0.0317 e. The number of hydrogen-bond acceptors (Lipinski definition) is 2. The van der Waals surface area contributed by atoms with E-state index in [-0.39, 0.29) is 0 Å². The lowest BCUT2D eigenvalue weighted by Gasteiger charge is -2.18. The Kier molecular flexibility index (Phi) is 5.17. The van der Waals surface area contributed by atoms with Gasteiger partial charge in [-0.25, -0.2) is 0 Å². The van der Waals surface area contributed by atoms with Gasteiger partial charge in [0.1, 0.15) is 0 Å². The van der Waals surface area contributed by atoms with Crippen LogP contribution in [-0.2, 0) is 0 Å². The molecule has 0 aliphatic carbocycles. The summed E-state index contributed by atoms with van der Waals surface area (Å²) in [6.45, 7) is 7.74. The molecule has 0 radical (unpaired) electrons. The summed E-state index contributed by atoms with van der Waals surface area (Å²) in [6.07, 6.45) is 2.31. The van der Waals surface area contributed by atoms with Crippen molar-refractivity contribution >= 4 is 11.3 Å². The molecule has 1 nitrogen and oxygen atoms in total. The first-order valence-corrected chi connectivity index (χ1v) is 8.02. The molecule has 0 amide bonds. The van der Waals surface area contributed by atoms with E-state index in [9.17, 15) is 0 Å². The van der Waals surface area contributed by atoms with Crippen LogP contribution in [0.1, 0.15) is 43.2 Å². The van der Waals surface area contributed by atoms with Gasteiger partial charge in [-0.3, -0.25) is 0 Å². The van der Waals surface area contributed by atoms with E-state index in [2.05, 4.69) is 61.8 Å². The highest BCUT2D eigenvalue weighted by Gasteiger charge is 2.10. The standard InChI is InChI=1S/C17H23NS/c1-4-10-18-17(5-2)15-8-6-7-14(12-15)16-9-11-19-13(16)3/h6-9,11-12,17-18H,4-5,10H2,1-3H3. The second-order valence-corrected chi connectivity index (χ2v) is 6.05. The number of aryl methyl sites for hydroxylation is 1. The lowest BCUT2D eigenvalue weighted by Crippen LogP contribution is -2.21. The third kappa shape index (κ3) is 3.46. The Balaban J connectivity index is 2.26. The lowest BCUT2D eigenvalue weighted by molar-refractivity contribution is 0.518. The van der Waals surface area contributed by atoms with E-state index in [4.69, 9.17) is 0 Å². The predicted octanol–water partition coefficient (Wildman–Crippen LogP) is 5.17. The van der Waals surface area contributed by atoms with Crippen LogP contribution in [0.25, 0.3) is 11.1 Å². The van der Waals surface area contributed by atoms with Crippen LogP contribution in [0.2, 0.25) is 0 Å². The van der Waals surface area contributed by atoms with Gasteiger partial charge in [-0.15, -0.1) is 11.3 Å². The van der Waals surface area contributed by atoms with Crippen LogP contribution >= 0.6 is 11.3 Å². The predicted molar refractivity (Wildman–Crippen MR) is 85.8 cm³/mol. The summed E-state index contributed by atoms with van der Waals surface area (Å²) in [5.41, 5.74) is 4.12. The van der Waals surface area contributed by atoms with E-state index >= 15 is 0 Å².